The Bertz CT molecular complexity index is 681. The van der Waals surface area contributed by atoms with Crippen molar-refractivity contribution in [3.63, 3.8) is 0 Å². The van der Waals surface area contributed by atoms with Crippen molar-refractivity contribution < 1.29 is 13.2 Å². The monoisotopic (exact) mass is 355 g/mol. The lowest BCUT2D eigenvalue weighted by atomic mass is 10.3. The van der Waals surface area contributed by atoms with Crippen LogP contribution in [-0.2, 0) is 21.9 Å². The summed E-state index contributed by atoms with van der Waals surface area (Å²) >= 11 is 0. The van der Waals surface area contributed by atoms with Gasteiger partial charge in [-0.3, -0.25) is 14.4 Å². The molecule has 9 heteroatoms. The summed E-state index contributed by atoms with van der Waals surface area (Å²) in [5.74, 6) is 0.163. The number of likely N-dealkylation sites (tertiary alicyclic amines) is 1. The van der Waals surface area contributed by atoms with Crippen molar-refractivity contribution in [2.45, 2.75) is 24.2 Å². The molecule has 0 saturated carbocycles. The second-order valence-corrected chi connectivity index (χ2v) is 8.41. The molecule has 2 aliphatic rings. The molecule has 3 heterocycles. The van der Waals surface area contributed by atoms with Crippen LogP contribution in [-0.4, -0.2) is 84.0 Å². The molecule has 0 unspecified atom stereocenters. The Morgan fingerprint density at radius 2 is 1.83 bits per heavy atom. The van der Waals surface area contributed by atoms with Crippen LogP contribution in [0.25, 0.3) is 0 Å². The van der Waals surface area contributed by atoms with Crippen molar-refractivity contribution >= 4 is 15.9 Å². The number of aryl methyl sites for hydroxylation is 1. The Kier molecular flexibility index (Phi) is 5.21. The molecule has 1 aromatic rings. The predicted octanol–water partition coefficient (Wildman–Crippen LogP) is -0.261. The van der Waals surface area contributed by atoms with Crippen molar-refractivity contribution in [1.29, 1.82) is 0 Å². The van der Waals surface area contributed by atoms with Gasteiger partial charge in [-0.05, 0) is 25.8 Å². The molecule has 2 aliphatic heterocycles. The lowest BCUT2D eigenvalue weighted by molar-refractivity contribution is -0.131. The van der Waals surface area contributed by atoms with Gasteiger partial charge in [-0.25, -0.2) is 8.42 Å². The predicted molar refractivity (Wildman–Crippen MR) is 88.8 cm³/mol. The van der Waals surface area contributed by atoms with Gasteiger partial charge in [0.05, 0.1) is 12.7 Å². The Balaban J connectivity index is 1.59. The Hall–Kier alpha value is -1.45. The number of carbonyl (C=O) groups excluding carboxylic acids is 1. The summed E-state index contributed by atoms with van der Waals surface area (Å²) in [6.45, 7) is 4.32. The summed E-state index contributed by atoms with van der Waals surface area (Å²) in [5, 5.41) is 3.95. The molecule has 0 spiro atoms. The molecule has 0 N–H and O–H groups in total. The van der Waals surface area contributed by atoms with Crippen LogP contribution in [0.1, 0.15) is 19.3 Å². The first-order valence-electron chi connectivity index (χ1n) is 8.46. The molecule has 1 amide bonds. The zero-order valence-electron chi connectivity index (χ0n) is 14.1. The van der Waals surface area contributed by atoms with Gasteiger partial charge in [0.25, 0.3) is 0 Å². The number of nitrogens with zero attached hydrogens (tertiary/aromatic N) is 5. The maximum Gasteiger partial charge on any atom is 0.246 e. The smallest absolute Gasteiger partial charge is 0.246 e. The van der Waals surface area contributed by atoms with Crippen LogP contribution in [0.15, 0.2) is 17.3 Å². The quantitative estimate of drug-likeness (QED) is 0.743. The number of sulfonamides is 1. The van der Waals surface area contributed by atoms with E-state index in [1.165, 1.54) is 21.4 Å². The normalized spacial score (nSPS) is 21.1. The second-order valence-electron chi connectivity index (χ2n) is 6.47. The van der Waals surface area contributed by atoms with E-state index in [-0.39, 0.29) is 10.8 Å². The van der Waals surface area contributed by atoms with E-state index in [0.29, 0.717) is 26.2 Å². The van der Waals surface area contributed by atoms with Crippen LogP contribution < -0.4 is 0 Å². The maximum atomic E-state index is 12.7. The highest BCUT2D eigenvalue weighted by Crippen LogP contribution is 2.17. The van der Waals surface area contributed by atoms with Crippen molar-refractivity contribution in [2.24, 2.45) is 7.05 Å². The zero-order valence-corrected chi connectivity index (χ0v) is 14.9. The topological polar surface area (TPSA) is 78.8 Å². The standard InChI is InChI=1S/C15H25N5O3S/c1-17-12-14(11-16-17)24(22,23)20-8-4-5-18(9-10-20)13-15(21)19-6-2-3-7-19/h11-12H,2-10,13H2,1H3. The van der Waals surface area contributed by atoms with Crippen molar-refractivity contribution in [3.05, 3.63) is 12.4 Å². The zero-order chi connectivity index (χ0) is 17.2. The first kappa shape index (κ1) is 17.4. The van der Waals surface area contributed by atoms with E-state index in [9.17, 15) is 13.2 Å². The largest absolute Gasteiger partial charge is 0.342 e. The third-order valence-electron chi connectivity index (χ3n) is 4.68. The van der Waals surface area contributed by atoms with Crippen molar-refractivity contribution in [3.8, 4) is 0 Å². The first-order chi connectivity index (χ1) is 11.5. The van der Waals surface area contributed by atoms with Crippen LogP contribution in [0.5, 0.6) is 0 Å². The number of rotatable bonds is 4. The first-order valence-corrected chi connectivity index (χ1v) is 9.90. The average Bonchev–Trinajstić information content (AvgIpc) is 3.16. The van der Waals surface area contributed by atoms with Gasteiger partial charge in [-0.2, -0.15) is 9.40 Å². The second kappa shape index (κ2) is 7.20. The number of hydrogen-bond donors (Lipinski definition) is 0. The van der Waals surface area contributed by atoms with Gasteiger partial charge in [0.1, 0.15) is 4.90 Å². The van der Waals surface area contributed by atoms with Crippen molar-refractivity contribution in [2.75, 3.05) is 45.8 Å². The molecule has 2 saturated heterocycles. The van der Waals surface area contributed by atoms with Gasteiger partial charge in [-0.15, -0.1) is 0 Å². The number of amides is 1. The molecule has 0 atom stereocenters. The van der Waals surface area contributed by atoms with E-state index in [2.05, 4.69) is 10.00 Å². The Labute approximate surface area is 143 Å². The van der Waals surface area contributed by atoms with Gasteiger partial charge in [0.15, 0.2) is 0 Å². The third kappa shape index (κ3) is 3.79. The molecule has 2 fully saturated rings. The fourth-order valence-corrected chi connectivity index (χ4v) is 4.74. The SMILES string of the molecule is Cn1cc(S(=O)(=O)N2CCCN(CC(=O)N3CCCC3)CC2)cn1. The molecule has 0 aromatic carbocycles. The van der Waals surface area contributed by atoms with Gasteiger partial charge in [-0.1, -0.05) is 0 Å². The molecule has 0 radical (unpaired) electrons. The van der Waals surface area contributed by atoms with Crippen LogP contribution in [0.3, 0.4) is 0 Å². The molecule has 3 rings (SSSR count). The Morgan fingerprint density at radius 3 is 2.50 bits per heavy atom. The highest BCUT2D eigenvalue weighted by Gasteiger charge is 2.29. The summed E-state index contributed by atoms with van der Waals surface area (Å²) < 4.78 is 28.3. The van der Waals surface area contributed by atoms with E-state index >= 15 is 0 Å². The molecule has 24 heavy (non-hydrogen) atoms. The fraction of sp³-hybridized carbons (Fsp3) is 0.733. The van der Waals surface area contributed by atoms with Crippen LogP contribution >= 0.6 is 0 Å². The number of hydrogen-bond acceptors (Lipinski definition) is 5. The van der Waals surface area contributed by atoms with Crippen molar-refractivity contribution in [1.82, 2.24) is 23.9 Å². The minimum absolute atomic E-state index is 0.163. The van der Waals surface area contributed by atoms with E-state index < -0.39 is 10.0 Å². The summed E-state index contributed by atoms with van der Waals surface area (Å²) in [6.07, 6.45) is 5.81. The Morgan fingerprint density at radius 1 is 1.08 bits per heavy atom. The fourth-order valence-electron chi connectivity index (χ4n) is 3.28. The molecular formula is C15H25N5O3S. The van der Waals surface area contributed by atoms with Crippen LogP contribution in [0.4, 0.5) is 0 Å². The summed E-state index contributed by atoms with van der Waals surface area (Å²) in [7, 11) is -1.80. The minimum atomic E-state index is -3.50. The van der Waals surface area contributed by atoms with E-state index in [1.54, 1.807) is 7.05 Å². The molecule has 0 aliphatic carbocycles. The van der Waals surface area contributed by atoms with Gasteiger partial charge in [0, 0.05) is 46.0 Å². The summed E-state index contributed by atoms with van der Waals surface area (Å²) in [5.41, 5.74) is 0. The number of aromatic nitrogens is 2. The molecule has 8 nitrogen and oxygen atoms in total. The molecule has 0 bridgehead atoms. The van der Waals surface area contributed by atoms with E-state index in [4.69, 9.17) is 0 Å². The molecule has 1 aromatic heterocycles. The lowest BCUT2D eigenvalue weighted by Crippen LogP contribution is -2.41. The van der Waals surface area contributed by atoms with E-state index in [1.807, 2.05) is 4.90 Å². The van der Waals surface area contributed by atoms with E-state index in [0.717, 1.165) is 38.9 Å². The minimum Gasteiger partial charge on any atom is -0.342 e. The van der Waals surface area contributed by atoms with Gasteiger partial charge < -0.3 is 4.90 Å². The summed E-state index contributed by atoms with van der Waals surface area (Å²) in [4.78, 5) is 16.5. The average molecular weight is 355 g/mol. The highest BCUT2D eigenvalue weighted by atomic mass is 32.2. The molecule has 134 valence electrons. The molecular weight excluding hydrogens is 330 g/mol. The number of carbonyl (C=O) groups is 1. The highest BCUT2D eigenvalue weighted by molar-refractivity contribution is 7.89. The maximum absolute atomic E-state index is 12.7. The summed E-state index contributed by atoms with van der Waals surface area (Å²) in [6, 6.07) is 0. The lowest BCUT2D eigenvalue weighted by Gasteiger charge is -2.23. The van der Waals surface area contributed by atoms with Crippen LogP contribution in [0, 0.1) is 0 Å². The van der Waals surface area contributed by atoms with Gasteiger partial charge >= 0.3 is 0 Å². The van der Waals surface area contributed by atoms with Crippen LogP contribution in [0.2, 0.25) is 0 Å². The third-order valence-corrected chi connectivity index (χ3v) is 6.54. The van der Waals surface area contributed by atoms with Gasteiger partial charge in [0.2, 0.25) is 15.9 Å².